The van der Waals surface area contributed by atoms with Gasteiger partial charge in [0.2, 0.25) is 0 Å². The fourth-order valence-electron chi connectivity index (χ4n) is 2.96. The van der Waals surface area contributed by atoms with Crippen LogP contribution in [0.5, 0.6) is 0 Å². The Labute approximate surface area is 133 Å². The van der Waals surface area contributed by atoms with Crippen molar-refractivity contribution in [3.8, 4) is 0 Å². The van der Waals surface area contributed by atoms with Crippen LogP contribution in [0.15, 0.2) is 29.6 Å². The van der Waals surface area contributed by atoms with E-state index in [0.717, 1.165) is 36.4 Å². The van der Waals surface area contributed by atoms with Crippen molar-refractivity contribution < 1.29 is 9.18 Å². The van der Waals surface area contributed by atoms with E-state index in [1.165, 1.54) is 23.5 Å². The van der Waals surface area contributed by atoms with Crippen LogP contribution in [0.3, 0.4) is 0 Å². The summed E-state index contributed by atoms with van der Waals surface area (Å²) >= 11 is 1.50. The Morgan fingerprint density at radius 2 is 2.09 bits per heavy atom. The normalized spacial score (nSPS) is 19.0. The summed E-state index contributed by atoms with van der Waals surface area (Å²) in [5.41, 5.74) is 1.65. The summed E-state index contributed by atoms with van der Waals surface area (Å²) in [5.74, 6) is 0.0633. The van der Waals surface area contributed by atoms with Gasteiger partial charge in [0.1, 0.15) is 11.5 Å². The maximum absolute atomic E-state index is 13.1. The number of benzene rings is 1. The Hall–Kier alpha value is -1.75. The van der Waals surface area contributed by atoms with Crippen molar-refractivity contribution in [2.24, 2.45) is 0 Å². The van der Waals surface area contributed by atoms with Crippen LogP contribution >= 0.6 is 11.3 Å². The van der Waals surface area contributed by atoms with E-state index in [2.05, 4.69) is 4.98 Å². The molecule has 0 saturated carbocycles. The van der Waals surface area contributed by atoms with Crippen LogP contribution in [0.4, 0.5) is 4.39 Å². The van der Waals surface area contributed by atoms with Gasteiger partial charge in [-0.1, -0.05) is 18.6 Å². The first kappa shape index (κ1) is 15.2. The van der Waals surface area contributed by atoms with Gasteiger partial charge in [0, 0.05) is 24.4 Å². The highest BCUT2D eigenvalue weighted by molar-refractivity contribution is 7.09. The largest absolute Gasteiger partial charge is 0.337 e. The molecule has 1 aromatic heterocycles. The van der Waals surface area contributed by atoms with Crippen LogP contribution in [-0.4, -0.2) is 28.9 Å². The van der Waals surface area contributed by atoms with Gasteiger partial charge in [0.05, 0.1) is 5.01 Å². The van der Waals surface area contributed by atoms with E-state index in [1.807, 2.05) is 29.3 Å². The van der Waals surface area contributed by atoms with E-state index >= 15 is 0 Å². The zero-order valence-corrected chi connectivity index (χ0v) is 13.4. The number of thiazole rings is 1. The van der Waals surface area contributed by atoms with Crippen molar-refractivity contribution in [3.63, 3.8) is 0 Å². The number of likely N-dealkylation sites (tertiary alicyclic amines) is 1. The molecule has 22 heavy (non-hydrogen) atoms. The van der Waals surface area contributed by atoms with Gasteiger partial charge in [-0.25, -0.2) is 9.37 Å². The highest BCUT2D eigenvalue weighted by Gasteiger charge is 2.25. The predicted octanol–water partition coefficient (Wildman–Crippen LogP) is 4.00. The Kier molecular flexibility index (Phi) is 4.52. The van der Waals surface area contributed by atoms with Gasteiger partial charge in [0.15, 0.2) is 0 Å². The SMILES string of the molecule is Cc1nc(C(=O)N2CCCC[C@H](c3ccc(F)cc3)C2)cs1. The quantitative estimate of drug-likeness (QED) is 0.838. The predicted molar refractivity (Wildman–Crippen MR) is 85.7 cm³/mol. The molecule has 1 saturated heterocycles. The van der Waals surface area contributed by atoms with Crippen molar-refractivity contribution in [2.75, 3.05) is 13.1 Å². The molecule has 116 valence electrons. The van der Waals surface area contributed by atoms with Gasteiger partial charge in [-0.3, -0.25) is 4.79 Å². The second-order valence-corrected chi connectivity index (χ2v) is 6.81. The maximum Gasteiger partial charge on any atom is 0.273 e. The van der Waals surface area contributed by atoms with E-state index in [4.69, 9.17) is 0 Å². The zero-order chi connectivity index (χ0) is 15.5. The fraction of sp³-hybridized carbons (Fsp3) is 0.412. The highest BCUT2D eigenvalue weighted by atomic mass is 32.1. The topological polar surface area (TPSA) is 33.2 Å². The monoisotopic (exact) mass is 318 g/mol. The summed E-state index contributed by atoms with van der Waals surface area (Å²) in [4.78, 5) is 18.8. The second kappa shape index (κ2) is 6.57. The second-order valence-electron chi connectivity index (χ2n) is 5.75. The van der Waals surface area contributed by atoms with E-state index in [9.17, 15) is 9.18 Å². The number of aromatic nitrogens is 1. The van der Waals surface area contributed by atoms with Crippen LogP contribution in [0.25, 0.3) is 0 Å². The van der Waals surface area contributed by atoms with Gasteiger partial charge in [0.25, 0.3) is 5.91 Å². The molecule has 2 aromatic rings. The number of halogens is 1. The Morgan fingerprint density at radius 1 is 1.32 bits per heavy atom. The lowest BCUT2D eigenvalue weighted by Crippen LogP contribution is -2.34. The zero-order valence-electron chi connectivity index (χ0n) is 12.6. The maximum atomic E-state index is 13.1. The molecule has 3 nitrogen and oxygen atoms in total. The molecule has 1 atom stereocenters. The van der Waals surface area contributed by atoms with Crippen LogP contribution in [0, 0.1) is 12.7 Å². The van der Waals surface area contributed by atoms with E-state index in [1.54, 1.807) is 0 Å². The molecule has 1 aromatic carbocycles. The van der Waals surface area contributed by atoms with Crippen molar-refractivity contribution in [2.45, 2.75) is 32.1 Å². The molecule has 0 N–H and O–H groups in total. The molecule has 1 amide bonds. The molecule has 2 heterocycles. The lowest BCUT2D eigenvalue weighted by Gasteiger charge is -2.24. The molecule has 0 radical (unpaired) electrons. The molecule has 1 fully saturated rings. The summed E-state index contributed by atoms with van der Waals surface area (Å²) in [6.07, 6.45) is 3.12. The van der Waals surface area contributed by atoms with Crippen LogP contribution in [0.2, 0.25) is 0 Å². The number of nitrogens with zero attached hydrogens (tertiary/aromatic N) is 2. The molecule has 3 rings (SSSR count). The van der Waals surface area contributed by atoms with Crippen molar-refractivity contribution >= 4 is 17.2 Å². The first-order chi connectivity index (χ1) is 10.6. The number of amides is 1. The highest BCUT2D eigenvalue weighted by Crippen LogP contribution is 2.27. The number of rotatable bonds is 2. The molecule has 0 unspecified atom stereocenters. The molecule has 0 aliphatic carbocycles. The molecule has 5 heteroatoms. The summed E-state index contributed by atoms with van der Waals surface area (Å²) in [6.45, 7) is 3.36. The number of hydrogen-bond donors (Lipinski definition) is 0. The molecule has 1 aliphatic rings. The van der Waals surface area contributed by atoms with Gasteiger partial charge in [-0.05, 0) is 37.5 Å². The van der Waals surface area contributed by atoms with Crippen molar-refractivity contribution in [1.29, 1.82) is 0 Å². The molecule has 1 aliphatic heterocycles. The molecular formula is C17H19FN2OS. The first-order valence-electron chi connectivity index (χ1n) is 7.60. The number of aryl methyl sites for hydroxylation is 1. The summed E-state index contributed by atoms with van der Waals surface area (Å²) in [6, 6.07) is 6.66. The van der Waals surface area contributed by atoms with Gasteiger partial charge in [-0.15, -0.1) is 11.3 Å². The summed E-state index contributed by atoms with van der Waals surface area (Å²) in [7, 11) is 0. The van der Waals surface area contributed by atoms with Crippen molar-refractivity contribution in [1.82, 2.24) is 9.88 Å². The van der Waals surface area contributed by atoms with Crippen LogP contribution in [-0.2, 0) is 0 Å². The number of carbonyl (C=O) groups is 1. The average molecular weight is 318 g/mol. The molecular weight excluding hydrogens is 299 g/mol. The third-order valence-corrected chi connectivity index (χ3v) is 4.91. The minimum absolute atomic E-state index is 0.0124. The number of carbonyl (C=O) groups excluding carboxylic acids is 1. The Morgan fingerprint density at radius 3 is 2.77 bits per heavy atom. The van der Waals surface area contributed by atoms with E-state index in [-0.39, 0.29) is 17.6 Å². The Balaban J connectivity index is 1.77. The number of hydrogen-bond acceptors (Lipinski definition) is 3. The standard InChI is InChI=1S/C17H19FN2OS/c1-12-19-16(11-22-12)17(21)20-9-3-2-4-14(10-20)13-5-7-15(18)8-6-13/h5-8,11,14H,2-4,9-10H2,1H3/t14-/m0/s1. The average Bonchev–Trinajstić information content (AvgIpc) is 2.81. The smallest absolute Gasteiger partial charge is 0.273 e. The van der Waals surface area contributed by atoms with E-state index < -0.39 is 0 Å². The third kappa shape index (κ3) is 3.35. The minimum atomic E-state index is -0.219. The lowest BCUT2D eigenvalue weighted by molar-refractivity contribution is 0.0749. The Bertz CT molecular complexity index is 653. The van der Waals surface area contributed by atoms with Gasteiger partial charge >= 0.3 is 0 Å². The van der Waals surface area contributed by atoms with Crippen LogP contribution in [0.1, 0.15) is 46.2 Å². The van der Waals surface area contributed by atoms with Gasteiger partial charge < -0.3 is 4.90 Å². The van der Waals surface area contributed by atoms with Crippen molar-refractivity contribution in [3.05, 3.63) is 51.7 Å². The minimum Gasteiger partial charge on any atom is -0.337 e. The fourth-order valence-corrected chi connectivity index (χ4v) is 3.54. The molecule has 0 spiro atoms. The van der Waals surface area contributed by atoms with Gasteiger partial charge in [-0.2, -0.15) is 0 Å². The summed E-state index contributed by atoms with van der Waals surface area (Å²) < 4.78 is 13.1. The van der Waals surface area contributed by atoms with E-state index in [0.29, 0.717) is 12.2 Å². The molecule has 0 bridgehead atoms. The van der Waals surface area contributed by atoms with Crippen LogP contribution < -0.4 is 0 Å². The summed E-state index contributed by atoms with van der Waals surface area (Å²) in [5, 5.41) is 2.74. The lowest BCUT2D eigenvalue weighted by atomic mass is 9.94. The third-order valence-electron chi connectivity index (χ3n) is 4.14. The first-order valence-corrected chi connectivity index (χ1v) is 8.48.